The van der Waals surface area contributed by atoms with Gasteiger partial charge in [-0.1, -0.05) is 12.1 Å². The zero-order valence-corrected chi connectivity index (χ0v) is 14.5. The summed E-state index contributed by atoms with van der Waals surface area (Å²) >= 11 is 0. The number of carboxylic acids is 1. The first-order chi connectivity index (χ1) is 12.2. The van der Waals surface area contributed by atoms with Crippen molar-refractivity contribution >= 4 is 23.3 Å². The molecule has 1 heterocycles. The van der Waals surface area contributed by atoms with E-state index < -0.39 is 11.6 Å². The molecular formula is C20H19NO5. The van der Waals surface area contributed by atoms with Gasteiger partial charge in [0.15, 0.2) is 5.78 Å². The van der Waals surface area contributed by atoms with Gasteiger partial charge in [0.05, 0.1) is 18.4 Å². The van der Waals surface area contributed by atoms with Crippen molar-refractivity contribution in [2.75, 3.05) is 5.32 Å². The van der Waals surface area contributed by atoms with E-state index in [1.807, 2.05) is 13.8 Å². The summed E-state index contributed by atoms with van der Waals surface area (Å²) in [6, 6.07) is 11.4. The van der Waals surface area contributed by atoms with Crippen molar-refractivity contribution in [3.63, 3.8) is 0 Å². The van der Waals surface area contributed by atoms with Crippen LogP contribution in [-0.4, -0.2) is 28.4 Å². The van der Waals surface area contributed by atoms with E-state index in [1.54, 1.807) is 42.5 Å². The van der Waals surface area contributed by atoms with Crippen LogP contribution >= 0.6 is 0 Å². The largest absolute Gasteiger partial charge is 0.487 e. The van der Waals surface area contributed by atoms with Crippen molar-refractivity contribution in [3.8, 4) is 5.75 Å². The van der Waals surface area contributed by atoms with Crippen LogP contribution in [0.5, 0.6) is 5.75 Å². The molecule has 0 atom stereocenters. The van der Waals surface area contributed by atoms with Crippen LogP contribution in [-0.2, 0) is 11.2 Å². The minimum atomic E-state index is -0.911. The topological polar surface area (TPSA) is 92.7 Å². The molecule has 0 radical (unpaired) electrons. The fourth-order valence-electron chi connectivity index (χ4n) is 2.88. The van der Waals surface area contributed by atoms with Crippen molar-refractivity contribution in [1.82, 2.24) is 0 Å². The summed E-state index contributed by atoms with van der Waals surface area (Å²) in [5, 5.41) is 11.5. The van der Waals surface area contributed by atoms with Gasteiger partial charge in [-0.25, -0.2) is 0 Å². The Morgan fingerprint density at radius 3 is 2.50 bits per heavy atom. The first kappa shape index (κ1) is 17.7. The second-order valence-corrected chi connectivity index (χ2v) is 6.89. The molecule has 6 nitrogen and oxygen atoms in total. The van der Waals surface area contributed by atoms with E-state index >= 15 is 0 Å². The highest BCUT2D eigenvalue weighted by Crippen LogP contribution is 2.33. The van der Waals surface area contributed by atoms with Crippen LogP contribution < -0.4 is 10.1 Å². The number of carbonyl (C=O) groups is 3. The number of aliphatic carboxylic acids is 1. The molecule has 3 rings (SSSR count). The van der Waals surface area contributed by atoms with E-state index in [0.29, 0.717) is 28.1 Å². The monoisotopic (exact) mass is 353 g/mol. The molecule has 2 N–H and O–H groups in total. The van der Waals surface area contributed by atoms with E-state index in [4.69, 9.17) is 9.84 Å². The molecule has 0 fully saturated rings. The maximum absolute atomic E-state index is 12.4. The molecule has 0 saturated carbocycles. The zero-order chi connectivity index (χ0) is 18.9. The highest BCUT2D eigenvalue weighted by molar-refractivity contribution is 6.07. The van der Waals surface area contributed by atoms with Gasteiger partial charge < -0.3 is 15.2 Å². The number of benzene rings is 2. The summed E-state index contributed by atoms with van der Waals surface area (Å²) in [6.07, 6.45) is 0.188. The van der Waals surface area contributed by atoms with Gasteiger partial charge in [-0.15, -0.1) is 0 Å². The number of ketones is 1. The summed E-state index contributed by atoms with van der Waals surface area (Å²) in [5.41, 5.74) is 1.41. The van der Waals surface area contributed by atoms with Crippen molar-refractivity contribution in [3.05, 3.63) is 59.2 Å². The summed E-state index contributed by atoms with van der Waals surface area (Å²) in [5.74, 6) is -0.827. The van der Waals surface area contributed by atoms with Gasteiger partial charge in [-0.05, 0) is 49.7 Å². The second-order valence-electron chi connectivity index (χ2n) is 6.89. The number of hydrogen-bond acceptors (Lipinski definition) is 4. The molecule has 26 heavy (non-hydrogen) atoms. The highest BCUT2D eigenvalue weighted by Gasteiger charge is 2.32. The fourth-order valence-corrected chi connectivity index (χ4v) is 2.88. The predicted molar refractivity (Wildman–Crippen MR) is 95.8 cm³/mol. The quantitative estimate of drug-likeness (QED) is 0.880. The van der Waals surface area contributed by atoms with Crippen LogP contribution in [0.4, 0.5) is 5.69 Å². The maximum Gasteiger partial charge on any atom is 0.307 e. The van der Waals surface area contributed by atoms with Crippen molar-refractivity contribution in [1.29, 1.82) is 0 Å². The number of rotatable bonds is 4. The van der Waals surface area contributed by atoms with Gasteiger partial charge in [0.1, 0.15) is 11.4 Å². The van der Waals surface area contributed by atoms with Gasteiger partial charge in [-0.3, -0.25) is 14.4 Å². The Bertz CT molecular complexity index is 884. The highest BCUT2D eigenvalue weighted by atomic mass is 16.5. The molecule has 0 aromatic heterocycles. The number of amides is 1. The van der Waals surface area contributed by atoms with Gasteiger partial charge in [0.25, 0.3) is 5.91 Å². The van der Waals surface area contributed by atoms with Crippen LogP contribution in [0.2, 0.25) is 0 Å². The second kappa shape index (κ2) is 6.63. The SMILES string of the molecule is CC1(C)CC(=O)c2cc(C(=O)Nc3ccc(CC(=O)O)cc3)ccc2O1. The van der Waals surface area contributed by atoms with Crippen molar-refractivity contribution in [2.24, 2.45) is 0 Å². The normalized spacial score (nSPS) is 14.9. The first-order valence-electron chi connectivity index (χ1n) is 8.22. The number of anilines is 1. The lowest BCUT2D eigenvalue weighted by molar-refractivity contribution is -0.136. The van der Waals surface area contributed by atoms with Crippen LogP contribution in [0.3, 0.4) is 0 Å². The van der Waals surface area contributed by atoms with Gasteiger partial charge in [0.2, 0.25) is 0 Å². The third-order valence-corrected chi connectivity index (χ3v) is 4.08. The average molecular weight is 353 g/mol. The lowest BCUT2D eigenvalue weighted by atomic mass is 9.92. The first-order valence-corrected chi connectivity index (χ1v) is 8.22. The Hall–Kier alpha value is -3.15. The van der Waals surface area contributed by atoms with Crippen LogP contribution in [0.1, 0.15) is 46.5 Å². The van der Waals surface area contributed by atoms with E-state index in [2.05, 4.69) is 5.32 Å². The molecule has 0 aliphatic carbocycles. The summed E-state index contributed by atoms with van der Waals surface area (Å²) in [4.78, 5) is 35.4. The molecule has 2 aromatic carbocycles. The number of fused-ring (bicyclic) bond motifs is 1. The molecular weight excluding hydrogens is 334 g/mol. The van der Waals surface area contributed by atoms with Gasteiger partial charge in [0, 0.05) is 11.3 Å². The third kappa shape index (κ3) is 3.91. The molecule has 134 valence electrons. The molecule has 1 aliphatic heterocycles. The fraction of sp³-hybridized carbons (Fsp3) is 0.250. The lowest BCUT2D eigenvalue weighted by Crippen LogP contribution is -2.36. The summed E-state index contributed by atoms with van der Waals surface area (Å²) in [7, 11) is 0. The lowest BCUT2D eigenvalue weighted by Gasteiger charge is -2.31. The zero-order valence-electron chi connectivity index (χ0n) is 14.5. The Morgan fingerprint density at radius 2 is 1.85 bits per heavy atom. The molecule has 0 unspecified atom stereocenters. The smallest absolute Gasteiger partial charge is 0.307 e. The van der Waals surface area contributed by atoms with E-state index in [0.717, 1.165) is 0 Å². The molecule has 0 saturated heterocycles. The predicted octanol–water partition coefficient (Wildman–Crippen LogP) is 3.31. The van der Waals surface area contributed by atoms with Crippen LogP contribution in [0.25, 0.3) is 0 Å². The van der Waals surface area contributed by atoms with E-state index in [1.165, 1.54) is 0 Å². The number of carbonyl (C=O) groups excluding carboxylic acids is 2. The molecule has 6 heteroatoms. The Balaban J connectivity index is 1.76. The summed E-state index contributed by atoms with van der Waals surface area (Å²) in [6.45, 7) is 3.70. The molecule has 1 aliphatic rings. The van der Waals surface area contributed by atoms with E-state index in [9.17, 15) is 14.4 Å². The minimum Gasteiger partial charge on any atom is -0.487 e. The van der Waals surface area contributed by atoms with Crippen molar-refractivity contribution in [2.45, 2.75) is 32.3 Å². The number of hydrogen-bond donors (Lipinski definition) is 2. The molecule has 0 bridgehead atoms. The number of Topliss-reactive ketones (excluding diaryl/α,β-unsaturated/α-hetero) is 1. The van der Waals surface area contributed by atoms with Gasteiger partial charge >= 0.3 is 5.97 Å². The number of nitrogens with one attached hydrogen (secondary N) is 1. The van der Waals surface area contributed by atoms with Crippen LogP contribution in [0, 0.1) is 0 Å². The molecule has 2 aromatic rings. The minimum absolute atomic E-state index is 0.0519. The molecule has 1 amide bonds. The Labute approximate surface area is 150 Å². The average Bonchev–Trinajstić information content (AvgIpc) is 2.55. The third-order valence-electron chi connectivity index (χ3n) is 4.08. The van der Waals surface area contributed by atoms with Crippen molar-refractivity contribution < 1.29 is 24.2 Å². The van der Waals surface area contributed by atoms with Gasteiger partial charge in [-0.2, -0.15) is 0 Å². The summed E-state index contributed by atoms with van der Waals surface area (Å²) < 4.78 is 5.79. The number of ether oxygens (including phenoxy) is 1. The van der Waals surface area contributed by atoms with Crippen LogP contribution in [0.15, 0.2) is 42.5 Å². The number of carboxylic acid groups (broad SMARTS) is 1. The standard InChI is InChI=1S/C20H19NO5/c1-20(2)11-16(22)15-10-13(5-8-17(15)26-20)19(25)21-14-6-3-12(4-7-14)9-18(23)24/h3-8,10H,9,11H2,1-2H3,(H,21,25)(H,23,24). The van der Waals surface area contributed by atoms with E-state index in [-0.39, 0.29) is 24.5 Å². The maximum atomic E-state index is 12.4. The Kier molecular flexibility index (Phi) is 4.50. The Morgan fingerprint density at radius 1 is 1.15 bits per heavy atom. The molecule has 0 spiro atoms.